The normalized spacial score (nSPS) is 11.0. The smallest absolute Gasteiger partial charge is 0.249 e. The van der Waals surface area contributed by atoms with Gasteiger partial charge in [-0.3, -0.25) is 4.79 Å². The van der Waals surface area contributed by atoms with Gasteiger partial charge in [-0.1, -0.05) is 47.5 Å². The molecule has 0 saturated heterocycles. The number of phenolic OH excluding ortho intramolecular Hbond substituents is 1. The van der Waals surface area contributed by atoms with E-state index in [1.165, 1.54) is 6.07 Å². The van der Waals surface area contributed by atoms with Crippen LogP contribution in [0.25, 0.3) is 33.2 Å². The monoisotopic (exact) mass is 381 g/mol. The molecule has 0 aliphatic rings. The molecule has 1 aromatic heterocycles. The van der Waals surface area contributed by atoms with Crippen molar-refractivity contribution in [1.82, 2.24) is 4.98 Å². The minimum atomic E-state index is -0.290. The maximum atomic E-state index is 12.1. The van der Waals surface area contributed by atoms with Crippen LogP contribution in [0.2, 0.25) is 10.0 Å². The summed E-state index contributed by atoms with van der Waals surface area (Å²) in [5.41, 5.74) is 3.35. The van der Waals surface area contributed by atoms with Crippen molar-refractivity contribution in [3.63, 3.8) is 0 Å². The number of nitrogens with one attached hydrogen (secondary N) is 1. The first-order valence-corrected chi connectivity index (χ1v) is 8.69. The highest BCUT2D eigenvalue weighted by Crippen LogP contribution is 2.36. The third kappa shape index (κ3) is 3.07. The number of H-pyrrole nitrogens is 1. The number of phenols is 1. The van der Waals surface area contributed by atoms with Gasteiger partial charge in [-0.25, -0.2) is 0 Å². The number of aromatic nitrogens is 1. The highest BCUT2D eigenvalue weighted by Gasteiger charge is 2.12. The number of pyridine rings is 1. The molecule has 4 aromatic rings. The standard InChI is InChI=1S/C21H13Cl2NO2/c22-15-6-4-12(5-7-15)14-9-18-17(13-2-1-3-16(23)8-13)11-20(26)24-21(18)19(25)10-14/h1-11,25H,(H,24,26). The van der Waals surface area contributed by atoms with Crippen molar-refractivity contribution in [2.45, 2.75) is 0 Å². The van der Waals surface area contributed by atoms with E-state index in [9.17, 15) is 9.90 Å². The maximum Gasteiger partial charge on any atom is 0.249 e. The average Bonchev–Trinajstić information content (AvgIpc) is 2.62. The SMILES string of the molecule is O=c1cc(-c2cccc(Cl)c2)c2cc(-c3ccc(Cl)cc3)cc(O)c2[nH]1. The molecule has 0 radical (unpaired) electrons. The van der Waals surface area contributed by atoms with Gasteiger partial charge in [0, 0.05) is 21.5 Å². The van der Waals surface area contributed by atoms with Crippen molar-refractivity contribution in [2.24, 2.45) is 0 Å². The molecule has 128 valence electrons. The Bertz CT molecular complexity index is 1180. The first kappa shape index (κ1) is 16.7. The van der Waals surface area contributed by atoms with Gasteiger partial charge in [-0.15, -0.1) is 0 Å². The summed E-state index contributed by atoms with van der Waals surface area (Å²) in [6.07, 6.45) is 0. The van der Waals surface area contributed by atoms with E-state index in [4.69, 9.17) is 23.2 Å². The Labute approximate surface area is 159 Å². The first-order chi connectivity index (χ1) is 12.5. The van der Waals surface area contributed by atoms with Crippen LogP contribution in [0.3, 0.4) is 0 Å². The number of fused-ring (bicyclic) bond motifs is 1. The molecule has 0 aliphatic heterocycles. The van der Waals surface area contributed by atoms with Crippen molar-refractivity contribution < 1.29 is 5.11 Å². The first-order valence-electron chi connectivity index (χ1n) is 7.93. The number of aromatic hydroxyl groups is 1. The Morgan fingerprint density at radius 3 is 2.27 bits per heavy atom. The Morgan fingerprint density at radius 2 is 1.54 bits per heavy atom. The molecule has 2 N–H and O–H groups in total. The molecule has 4 rings (SSSR count). The third-order valence-corrected chi connectivity index (χ3v) is 4.73. The largest absolute Gasteiger partial charge is 0.506 e. The van der Waals surface area contributed by atoms with Gasteiger partial charge < -0.3 is 10.1 Å². The summed E-state index contributed by atoms with van der Waals surface area (Å²) in [5.74, 6) is 0.00780. The molecule has 0 amide bonds. The highest BCUT2D eigenvalue weighted by molar-refractivity contribution is 6.31. The van der Waals surface area contributed by atoms with Crippen molar-refractivity contribution in [3.8, 4) is 28.0 Å². The predicted octanol–water partition coefficient (Wildman–Crippen LogP) is 5.87. The fourth-order valence-corrected chi connectivity index (χ4v) is 3.36. The van der Waals surface area contributed by atoms with Crippen molar-refractivity contribution in [2.75, 3.05) is 0 Å². The van der Waals surface area contributed by atoms with Gasteiger partial charge in [0.1, 0.15) is 5.75 Å². The van der Waals surface area contributed by atoms with Crippen molar-refractivity contribution in [1.29, 1.82) is 0 Å². The maximum absolute atomic E-state index is 12.1. The van der Waals surface area contributed by atoms with E-state index < -0.39 is 0 Å². The van der Waals surface area contributed by atoms with E-state index >= 15 is 0 Å². The molecular weight excluding hydrogens is 369 g/mol. The zero-order chi connectivity index (χ0) is 18.3. The van der Waals surface area contributed by atoms with Crippen molar-refractivity contribution in [3.05, 3.63) is 87.1 Å². The number of benzene rings is 3. The van der Waals surface area contributed by atoms with Crippen LogP contribution in [-0.2, 0) is 0 Å². The minimum Gasteiger partial charge on any atom is -0.506 e. The molecule has 3 nitrogen and oxygen atoms in total. The van der Waals surface area contributed by atoms with E-state index in [1.807, 2.05) is 30.3 Å². The summed E-state index contributed by atoms with van der Waals surface area (Å²) in [6, 6.07) is 19.7. The quantitative estimate of drug-likeness (QED) is 0.455. The predicted molar refractivity (Wildman–Crippen MR) is 107 cm³/mol. The molecule has 26 heavy (non-hydrogen) atoms. The third-order valence-electron chi connectivity index (χ3n) is 4.24. The summed E-state index contributed by atoms with van der Waals surface area (Å²) >= 11 is 12.1. The molecular formula is C21H13Cl2NO2. The summed E-state index contributed by atoms with van der Waals surface area (Å²) in [7, 11) is 0. The lowest BCUT2D eigenvalue weighted by Gasteiger charge is -2.11. The molecule has 0 bridgehead atoms. The topological polar surface area (TPSA) is 53.1 Å². The molecule has 0 spiro atoms. The van der Waals surface area contributed by atoms with E-state index in [-0.39, 0.29) is 11.3 Å². The average molecular weight is 382 g/mol. The Hall–Kier alpha value is -2.75. The highest BCUT2D eigenvalue weighted by atomic mass is 35.5. The van der Waals surface area contributed by atoms with Crippen LogP contribution < -0.4 is 5.56 Å². The number of halogens is 2. The lowest BCUT2D eigenvalue weighted by atomic mass is 9.97. The van der Waals surface area contributed by atoms with Gasteiger partial charge in [-0.2, -0.15) is 0 Å². The van der Waals surface area contributed by atoms with Crippen LogP contribution in [0.4, 0.5) is 0 Å². The van der Waals surface area contributed by atoms with Gasteiger partial charge >= 0.3 is 0 Å². The zero-order valence-electron chi connectivity index (χ0n) is 13.5. The molecule has 5 heteroatoms. The summed E-state index contributed by atoms with van der Waals surface area (Å²) < 4.78 is 0. The van der Waals surface area contributed by atoms with Crippen molar-refractivity contribution >= 4 is 34.1 Å². The summed E-state index contributed by atoms with van der Waals surface area (Å²) in [6.45, 7) is 0. The second-order valence-corrected chi connectivity index (χ2v) is 6.86. The van der Waals surface area contributed by atoms with E-state index in [0.717, 1.165) is 22.1 Å². The van der Waals surface area contributed by atoms with Crippen LogP contribution in [-0.4, -0.2) is 10.1 Å². The molecule has 1 heterocycles. The number of hydrogen-bond donors (Lipinski definition) is 2. The Kier molecular flexibility index (Phi) is 4.19. The number of rotatable bonds is 2. The van der Waals surface area contributed by atoms with Gasteiger partial charge in [-0.05, 0) is 58.7 Å². The molecule has 0 fully saturated rings. The van der Waals surface area contributed by atoms with Crippen LogP contribution in [0, 0.1) is 0 Å². The molecule has 0 aliphatic carbocycles. The lowest BCUT2D eigenvalue weighted by molar-refractivity contribution is 0.480. The van der Waals surface area contributed by atoms with Gasteiger partial charge in [0.2, 0.25) is 5.56 Å². The van der Waals surface area contributed by atoms with E-state index in [0.29, 0.717) is 21.1 Å². The van der Waals surface area contributed by atoms with Crippen LogP contribution in [0.1, 0.15) is 0 Å². The summed E-state index contributed by atoms with van der Waals surface area (Å²) in [5, 5.41) is 12.4. The Morgan fingerprint density at radius 1 is 0.769 bits per heavy atom. The van der Waals surface area contributed by atoms with Gasteiger partial charge in [0.05, 0.1) is 5.52 Å². The second kappa shape index (κ2) is 6.52. The number of aromatic amines is 1. The fraction of sp³-hybridized carbons (Fsp3) is 0. The van der Waals surface area contributed by atoms with Crippen LogP contribution >= 0.6 is 23.2 Å². The molecule has 3 aromatic carbocycles. The zero-order valence-corrected chi connectivity index (χ0v) is 15.0. The molecule has 0 saturated carbocycles. The second-order valence-electron chi connectivity index (χ2n) is 5.98. The molecule has 0 atom stereocenters. The summed E-state index contributed by atoms with van der Waals surface area (Å²) in [4.78, 5) is 14.8. The Balaban J connectivity index is 2.03. The minimum absolute atomic E-state index is 0.00780. The van der Waals surface area contributed by atoms with Gasteiger partial charge in [0.25, 0.3) is 0 Å². The molecule has 0 unspecified atom stereocenters. The lowest BCUT2D eigenvalue weighted by Crippen LogP contribution is -2.05. The number of hydrogen-bond acceptors (Lipinski definition) is 2. The fourth-order valence-electron chi connectivity index (χ4n) is 3.04. The van der Waals surface area contributed by atoms with E-state index in [2.05, 4.69) is 4.98 Å². The van der Waals surface area contributed by atoms with Crippen LogP contribution in [0.15, 0.2) is 71.5 Å². The van der Waals surface area contributed by atoms with Gasteiger partial charge in [0.15, 0.2) is 0 Å². The van der Waals surface area contributed by atoms with E-state index in [1.54, 1.807) is 30.3 Å². The van der Waals surface area contributed by atoms with Crippen LogP contribution in [0.5, 0.6) is 5.75 Å².